The molecule has 0 radical (unpaired) electrons. The van der Waals surface area contributed by atoms with Crippen molar-refractivity contribution in [3.8, 4) is 33.8 Å². The molecule has 15 rings (SSSR count). The largest absolute Gasteiger partial charge is 0.346 e. The molecule has 0 amide bonds. The van der Waals surface area contributed by atoms with Crippen LogP contribution in [0.15, 0.2) is 201 Å². The Bertz CT molecular complexity index is 4740. The van der Waals surface area contributed by atoms with E-state index in [2.05, 4.69) is 355 Å². The smallest absolute Gasteiger partial charge is 0.108 e. The van der Waals surface area contributed by atoms with Gasteiger partial charge in [-0.25, -0.2) is 0 Å². The van der Waals surface area contributed by atoms with Crippen molar-refractivity contribution in [1.29, 1.82) is 0 Å². The Morgan fingerprint density at radius 1 is 0.290 bits per heavy atom. The maximum absolute atomic E-state index is 5.01. The van der Waals surface area contributed by atoms with Crippen LogP contribution in [0, 0.1) is 76.2 Å². The summed E-state index contributed by atoms with van der Waals surface area (Å²) in [7, 11) is 0. The highest BCUT2D eigenvalue weighted by atomic mass is 15.4. The molecule has 0 bridgehead atoms. The van der Waals surface area contributed by atoms with Crippen LogP contribution < -0.4 is 29.4 Å². The second kappa shape index (κ2) is 28.3. The molecule has 0 saturated heterocycles. The van der Waals surface area contributed by atoms with Crippen molar-refractivity contribution in [3.63, 3.8) is 0 Å². The molecule has 9 heteroatoms. The van der Waals surface area contributed by atoms with E-state index in [1.165, 1.54) is 166 Å². The van der Waals surface area contributed by atoms with Crippen molar-refractivity contribution >= 4 is 62.6 Å². The molecule has 8 aromatic carbocycles. The predicted molar refractivity (Wildman–Crippen MR) is 425 cm³/mol. The van der Waals surface area contributed by atoms with Crippen LogP contribution in [-0.4, -0.2) is 39.5 Å². The van der Waals surface area contributed by atoms with Gasteiger partial charge in [0.25, 0.3) is 0 Å². The van der Waals surface area contributed by atoms with Gasteiger partial charge in [-0.15, -0.1) is 0 Å². The van der Waals surface area contributed by atoms with Crippen LogP contribution >= 0.6 is 0 Å². The number of anilines is 11. The maximum Gasteiger partial charge on any atom is 0.108 e. The monoisotopic (exact) mass is 1320 g/mol. The Morgan fingerprint density at radius 2 is 0.570 bits per heavy atom. The van der Waals surface area contributed by atoms with Gasteiger partial charge in [-0.1, -0.05) is 168 Å². The standard InChI is InChI=1S/C34H39N3.C30H31N3.C27H31N3/c1-21(2)27-15-12-16-28(22(3)4)34(27)37-26(8)36(30-17-9-10-18-31(30)37)32-20-35-29(19-25(32)7)33-23(5)13-11-14-24(33)6;1-19-11-9-12-20(2)29(19)25-17-23(5)28(18-31-25)32-24(6)33(27-16-8-7-15-26(27)32)30-21(3)13-10-14-22(30)4;1-18-10-9-11-19(2)27(18)23-16-20(3)26(17-28-23)30-21(4)29(22-12-5-6-13-22)24-14-7-8-15-25(24)30/h9-22,26H,1-8H3;7-18,24H,1-6H3;7-11,14-17,21-22H,5-6,12-13H2,1-4H3/t26-;24-;21-/m001/s1. The Morgan fingerprint density at radius 3 is 0.900 bits per heavy atom. The molecule has 1 aliphatic carbocycles. The van der Waals surface area contributed by atoms with E-state index in [1.807, 2.05) is 0 Å². The van der Waals surface area contributed by atoms with E-state index in [9.17, 15) is 0 Å². The number of rotatable bonds is 11. The molecule has 9 nitrogen and oxygen atoms in total. The topological polar surface area (TPSA) is 58.1 Å². The summed E-state index contributed by atoms with van der Waals surface area (Å²) in [5.74, 6) is 0.865. The Hall–Kier alpha value is -9.99. The first-order valence-corrected chi connectivity index (χ1v) is 36.4. The molecule has 0 spiro atoms. The van der Waals surface area contributed by atoms with Crippen molar-refractivity contribution in [2.24, 2.45) is 0 Å². The summed E-state index contributed by atoms with van der Waals surface area (Å²) in [6.45, 7) is 40.2. The fourth-order valence-corrected chi connectivity index (χ4v) is 16.9. The predicted octanol–water partition coefficient (Wildman–Crippen LogP) is 24.4. The van der Waals surface area contributed by atoms with E-state index in [0.717, 1.165) is 28.5 Å². The van der Waals surface area contributed by atoms with Gasteiger partial charge < -0.3 is 29.4 Å². The first-order chi connectivity index (χ1) is 48.1. The van der Waals surface area contributed by atoms with Gasteiger partial charge in [-0.3, -0.25) is 15.0 Å². The normalized spacial score (nSPS) is 16.3. The number of fused-ring (bicyclic) bond motifs is 3. The lowest BCUT2D eigenvalue weighted by atomic mass is 9.91. The molecule has 0 N–H and O–H groups in total. The fraction of sp³-hybridized carbons (Fsp3) is 0.308. The zero-order valence-corrected chi connectivity index (χ0v) is 62.4. The Kier molecular flexibility index (Phi) is 19.4. The van der Waals surface area contributed by atoms with Gasteiger partial charge in [0, 0.05) is 28.4 Å². The first-order valence-electron chi connectivity index (χ1n) is 36.4. The lowest BCUT2D eigenvalue weighted by Gasteiger charge is -2.35. The second-order valence-electron chi connectivity index (χ2n) is 29.3. The molecular weight excluding hydrogens is 1220 g/mol. The number of benzene rings is 8. The summed E-state index contributed by atoms with van der Waals surface area (Å²) in [6, 6.07) is 66.5. The summed E-state index contributed by atoms with van der Waals surface area (Å²) < 4.78 is 0. The van der Waals surface area contributed by atoms with Crippen molar-refractivity contribution in [2.45, 2.75) is 187 Å². The number of pyridine rings is 3. The van der Waals surface area contributed by atoms with E-state index < -0.39 is 0 Å². The van der Waals surface area contributed by atoms with E-state index in [0.29, 0.717) is 24.0 Å². The zero-order valence-electron chi connectivity index (χ0n) is 62.4. The van der Waals surface area contributed by atoms with Crippen LogP contribution in [0.4, 0.5) is 62.6 Å². The van der Waals surface area contributed by atoms with Gasteiger partial charge in [-0.2, -0.15) is 0 Å². The quantitative estimate of drug-likeness (QED) is 0.126. The lowest BCUT2D eigenvalue weighted by Crippen LogP contribution is -2.44. The van der Waals surface area contributed by atoms with Crippen LogP contribution in [0.5, 0.6) is 0 Å². The second-order valence-corrected chi connectivity index (χ2v) is 29.3. The molecule has 0 unspecified atom stereocenters. The van der Waals surface area contributed by atoms with E-state index >= 15 is 0 Å². The summed E-state index contributed by atoms with van der Waals surface area (Å²) >= 11 is 0. The highest BCUT2D eigenvalue weighted by molar-refractivity contribution is 5.93. The molecule has 100 heavy (non-hydrogen) atoms. The van der Waals surface area contributed by atoms with Gasteiger partial charge in [0.05, 0.1) is 92.5 Å². The number of para-hydroxylation sites is 8. The molecule has 1 fully saturated rings. The van der Waals surface area contributed by atoms with Crippen LogP contribution in [0.25, 0.3) is 33.8 Å². The fourth-order valence-electron chi connectivity index (χ4n) is 16.9. The average Bonchev–Trinajstić information content (AvgIpc) is 1.59. The van der Waals surface area contributed by atoms with Gasteiger partial charge >= 0.3 is 0 Å². The minimum Gasteiger partial charge on any atom is -0.346 e. The van der Waals surface area contributed by atoms with E-state index in [-0.39, 0.29) is 12.3 Å². The molecule has 3 atom stereocenters. The summed E-state index contributed by atoms with van der Waals surface area (Å²) in [5.41, 5.74) is 37.4. The lowest BCUT2D eigenvalue weighted by molar-refractivity contribution is 0.554. The van der Waals surface area contributed by atoms with E-state index in [1.54, 1.807) is 0 Å². The highest BCUT2D eigenvalue weighted by Crippen LogP contribution is 2.54. The van der Waals surface area contributed by atoms with Crippen molar-refractivity contribution in [3.05, 3.63) is 273 Å². The van der Waals surface area contributed by atoms with Gasteiger partial charge in [0.2, 0.25) is 0 Å². The van der Waals surface area contributed by atoms with Crippen LogP contribution in [0.2, 0.25) is 0 Å². The minimum atomic E-state index is 0.112. The number of hydrogen-bond donors (Lipinski definition) is 0. The zero-order chi connectivity index (χ0) is 70.5. The molecule has 3 aliphatic heterocycles. The summed E-state index contributed by atoms with van der Waals surface area (Å²) in [5, 5.41) is 0. The molecular formula is C91H101N9. The molecule has 510 valence electrons. The number of aryl methyl sites for hydroxylation is 11. The minimum absolute atomic E-state index is 0.112. The van der Waals surface area contributed by atoms with E-state index in [4.69, 9.17) is 15.0 Å². The van der Waals surface area contributed by atoms with Crippen molar-refractivity contribution in [2.75, 3.05) is 29.4 Å². The third-order valence-corrected chi connectivity index (χ3v) is 21.7. The third-order valence-electron chi connectivity index (χ3n) is 21.7. The summed E-state index contributed by atoms with van der Waals surface area (Å²) in [6.07, 6.45) is 12.1. The summed E-state index contributed by atoms with van der Waals surface area (Å²) in [4.78, 5) is 30.0. The number of hydrogen-bond acceptors (Lipinski definition) is 9. The highest BCUT2D eigenvalue weighted by Gasteiger charge is 2.41. The van der Waals surface area contributed by atoms with Crippen LogP contribution in [-0.2, 0) is 0 Å². The Balaban J connectivity index is 0.000000135. The number of aromatic nitrogens is 3. The molecule has 1 saturated carbocycles. The Labute approximate surface area is 596 Å². The molecule has 3 aromatic heterocycles. The van der Waals surface area contributed by atoms with Gasteiger partial charge in [0.1, 0.15) is 18.5 Å². The maximum atomic E-state index is 5.01. The van der Waals surface area contributed by atoms with Crippen LogP contribution in [0.3, 0.4) is 0 Å². The van der Waals surface area contributed by atoms with Crippen molar-refractivity contribution in [1.82, 2.24) is 15.0 Å². The molecule has 11 aromatic rings. The average molecular weight is 1320 g/mol. The van der Waals surface area contributed by atoms with Crippen molar-refractivity contribution < 1.29 is 0 Å². The molecule has 6 heterocycles. The SMILES string of the molecule is Cc1cc(-c2c(C)cccc2C)ncc1N1c2ccccc2N(C2CCCC2)[C@H]1C.Cc1cc(-c2c(C)cccc2C)ncc1N1c2ccccc2N(c2c(C(C)C)cccc2C(C)C)[C@H]1C.Cc1cc(-c2c(C)cccc2C)ncc1N1c2ccccc2N(c2c(C)cccc2C)[C@H]1C. The first kappa shape index (κ1) is 68.5. The van der Waals surface area contributed by atoms with Gasteiger partial charge in [-0.05, 0) is 249 Å². The molecule has 4 aliphatic rings. The van der Waals surface area contributed by atoms with Crippen LogP contribution in [0.1, 0.15) is 158 Å². The number of nitrogens with zero attached hydrogens (tertiary/aromatic N) is 9. The third kappa shape index (κ3) is 12.5. The van der Waals surface area contributed by atoms with Gasteiger partial charge in [0.15, 0.2) is 0 Å².